The van der Waals surface area contributed by atoms with Crippen LogP contribution < -0.4 is 4.74 Å². The highest BCUT2D eigenvalue weighted by Gasteiger charge is 2.41. The summed E-state index contributed by atoms with van der Waals surface area (Å²) >= 11 is 1.62. The van der Waals surface area contributed by atoms with Crippen molar-refractivity contribution < 1.29 is 22.3 Å². The lowest BCUT2D eigenvalue weighted by molar-refractivity contribution is -0.148. The molecule has 1 aliphatic rings. The van der Waals surface area contributed by atoms with E-state index in [0.29, 0.717) is 0 Å². The molecule has 0 fully saturated rings. The van der Waals surface area contributed by atoms with Gasteiger partial charge in [0.25, 0.3) is 0 Å². The standard InChI is InChI=1S/C16H14F4N2OS/c17-15(18)16(19,20)9-23-11-5-3-10(4-6-11)12-8-13(22-21-12)14-2-1-7-24-14/h1-7,12-13,15H,8-9H2. The van der Waals surface area contributed by atoms with Gasteiger partial charge in [0.2, 0.25) is 0 Å². The molecule has 2 unspecified atom stereocenters. The minimum Gasteiger partial charge on any atom is -0.487 e. The molecule has 3 nitrogen and oxygen atoms in total. The molecule has 2 heterocycles. The van der Waals surface area contributed by atoms with Crippen molar-refractivity contribution in [3.8, 4) is 5.75 Å². The summed E-state index contributed by atoms with van der Waals surface area (Å²) in [5, 5.41) is 10.5. The molecular formula is C16H14F4N2OS. The van der Waals surface area contributed by atoms with Crippen molar-refractivity contribution in [1.29, 1.82) is 0 Å². The maximum Gasteiger partial charge on any atom is 0.340 e. The summed E-state index contributed by atoms with van der Waals surface area (Å²) in [5.41, 5.74) is 0.880. The summed E-state index contributed by atoms with van der Waals surface area (Å²) in [6, 6.07) is 10.2. The monoisotopic (exact) mass is 358 g/mol. The van der Waals surface area contributed by atoms with Crippen LogP contribution in [0.3, 0.4) is 0 Å². The van der Waals surface area contributed by atoms with Crippen molar-refractivity contribution in [1.82, 2.24) is 0 Å². The van der Waals surface area contributed by atoms with Gasteiger partial charge in [0.1, 0.15) is 11.8 Å². The number of ether oxygens (including phenoxy) is 1. The third kappa shape index (κ3) is 3.75. The second-order valence-corrected chi connectivity index (χ2v) is 6.41. The zero-order chi connectivity index (χ0) is 17.2. The van der Waals surface area contributed by atoms with E-state index >= 15 is 0 Å². The zero-order valence-corrected chi connectivity index (χ0v) is 13.2. The van der Waals surface area contributed by atoms with Gasteiger partial charge in [-0.2, -0.15) is 19.0 Å². The fraction of sp³-hybridized carbons (Fsp3) is 0.375. The number of hydrogen-bond donors (Lipinski definition) is 0. The van der Waals surface area contributed by atoms with E-state index in [9.17, 15) is 17.6 Å². The molecule has 128 valence electrons. The summed E-state index contributed by atoms with van der Waals surface area (Å²) < 4.78 is 54.6. The highest BCUT2D eigenvalue weighted by molar-refractivity contribution is 7.10. The second kappa shape index (κ2) is 6.88. The molecule has 0 spiro atoms. The predicted molar refractivity (Wildman–Crippen MR) is 82.2 cm³/mol. The Morgan fingerprint density at radius 3 is 2.46 bits per heavy atom. The molecule has 1 aliphatic heterocycles. The molecule has 0 saturated carbocycles. The quantitative estimate of drug-likeness (QED) is 0.613. The van der Waals surface area contributed by atoms with Crippen LogP contribution in [-0.2, 0) is 0 Å². The Hall–Kier alpha value is -1.96. The average molecular weight is 358 g/mol. The van der Waals surface area contributed by atoms with E-state index in [0.717, 1.165) is 16.9 Å². The van der Waals surface area contributed by atoms with Crippen molar-refractivity contribution in [3.63, 3.8) is 0 Å². The van der Waals surface area contributed by atoms with Crippen LogP contribution in [0.2, 0.25) is 0 Å². The van der Waals surface area contributed by atoms with Gasteiger partial charge in [0.05, 0.1) is 6.04 Å². The van der Waals surface area contributed by atoms with Crippen LogP contribution in [0.5, 0.6) is 5.75 Å². The van der Waals surface area contributed by atoms with Crippen LogP contribution in [0.1, 0.15) is 28.9 Å². The minimum atomic E-state index is -4.16. The lowest BCUT2D eigenvalue weighted by atomic mass is 10.0. The fourth-order valence-electron chi connectivity index (χ4n) is 2.35. The van der Waals surface area contributed by atoms with E-state index in [1.54, 1.807) is 23.5 Å². The van der Waals surface area contributed by atoms with Gasteiger partial charge >= 0.3 is 12.3 Å². The molecule has 8 heteroatoms. The lowest BCUT2D eigenvalue weighted by Crippen LogP contribution is -2.33. The highest BCUT2D eigenvalue weighted by atomic mass is 32.1. The molecule has 1 aromatic heterocycles. The number of azo groups is 1. The molecule has 1 aromatic carbocycles. The Morgan fingerprint density at radius 2 is 1.83 bits per heavy atom. The maximum atomic E-state index is 12.8. The van der Waals surface area contributed by atoms with Gasteiger partial charge < -0.3 is 4.74 Å². The SMILES string of the molecule is FC(F)C(F)(F)COc1ccc(C2CC(c3cccs3)N=N2)cc1. The van der Waals surface area contributed by atoms with Crippen molar-refractivity contribution in [2.75, 3.05) is 6.61 Å². The Bertz CT molecular complexity index is 689. The predicted octanol–water partition coefficient (Wildman–Crippen LogP) is 5.67. The molecule has 0 aliphatic carbocycles. The molecule has 0 N–H and O–H groups in total. The topological polar surface area (TPSA) is 34.0 Å². The van der Waals surface area contributed by atoms with E-state index in [1.807, 2.05) is 17.5 Å². The van der Waals surface area contributed by atoms with Crippen LogP contribution in [0.4, 0.5) is 17.6 Å². The van der Waals surface area contributed by atoms with Gasteiger partial charge in [0, 0.05) is 11.3 Å². The van der Waals surface area contributed by atoms with E-state index in [-0.39, 0.29) is 17.8 Å². The molecule has 0 amide bonds. The number of thiophene rings is 1. The fourth-order valence-corrected chi connectivity index (χ4v) is 3.12. The van der Waals surface area contributed by atoms with Crippen LogP contribution in [-0.4, -0.2) is 19.0 Å². The number of hydrogen-bond acceptors (Lipinski definition) is 4. The van der Waals surface area contributed by atoms with E-state index < -0.39 is 19.0 Å². The van der Waals surface area contributed by atoms with Gasteiger partial charge in [-0.3, -0.25) is 0 Å². The first kappa shape index (κ1) is 16.9. The molecule has 0 radical (unpaired) electrons. The molecule has 2 atom stereocenters. The third-order valence-electron chi connectivity index (χ3n) is 3.68. The smallest absolute Gasteiger partial charge is 0.340 e. The first-order chi connectivity index (χ1) is 11.5. The van der Waals surface area contributed by atoms with Crippen molar-refractivity contribution in [2.24, 2.45) is 10.2 Å². The molecule has 0 saturated heterocycles. The van der Waals surface area contributed by atoms with Crippen LogP contribution >= 0.6 is 11.3 Å². The third-order valence-corrected chi connectivity index (χ3v) is 4.65. The molecule has 0 bridgehead atoms. The molecular weight excluding hydrogens is 344 g/mol. The van der Waals surface area contributed by atoms with E-state index in [2.05, 4.69) is 10.2 Å². The van der Waals surface area contributed by atoms with Crippen molar-refractivity contribution in [3.05, 3.63) is 52.2 Å². The van der Waals surface area contributed by atoms with Crippen molar-refractivity contribution >= 4 is 11.3 Å². The Kier molecular flexibility index (Phi) is 4.84. The molecule has 3 rings (SSSR count). The summed E-state index contributed by atoms with van der Waals surface area (Å²) in [5.74, 6) is -4.05. The number of benzene rings is 1. The zero-order valence-electron chi connectivity index (χ0n) is 12.4. The van der Waals surface area contributed by atoms with Crippen LogP contribution in [0.15, 0.2) is 52.0 Å². The summed E-state index contributed by atoms with van der Waals surface area (Å²) in [7, 11) is 0. The van der Waals surface area contributed by atoms with Crippen molar-refractivity contribution in [2.45, 2.75) is 30.9 Å². The van der Waals surface area contributed by atoms with Gasteiger partial charge in [-0.05, 0) is 29.1 Å². The minimum absolute atomic E-state index is 0.0376. The molecule has 24 heavy (non-hydrogen) atoms. The van der Waals surface area contributed by atoms with Gasteiger partial charge in [-0.15, -0.1) is 11.3 Å². The summed E-state index contributed by atoms with van der Waals surface area (Å²) in [6.45, 7) is -1.35. The van der Waals surface area contributed by atoms with E-state index in [1.165, 1.54) is 12.1 Å². The van der Waals surface area contributed by atoms with Gasteiger partial charge in [-0.25, -0.2) is 8.78 Å². The first-order valence-corrected chi connectivity index (χ1v) is 8.16. The summed E-state index contributed by atoms with van der Waals surface area (Å²) in [6.07, 6.45) is -3.01. The van der Waals surface area contributed by atoms with Crippen LogP contribution in [0, 0.1) is 0 Å². The van der Waals surface area contributed by atoms with Crippen LogP contribution in [0.25, 0.3) is 0 Å². The average Bonchev–Trinajstić information content (AvgIpc) is 3.24. The molecule has 2 aromatic rings. The van der Waals surface area contributed by atoms with Gasteiger partial charge in [-0.1, -0.05) is 18.2 Å². The largest absolute Gasteiger partial charge is 0.487 e. The lowest BCUT2D eigenvalue weighted by Gasteiger charge is -2.16. The number of rotatable bonds is 6. The van der Waals surface area contributed by atoms with Gasteiger partial charge in [0.15, 0.2) is 6.61 Å². The second-order valence-electron chi connectivity index (χ2n) is 5.43. The first-order valence-electron chi connectivity index (χ1n) is 7.28. The van der Waals surface area contributed by atoms with E-state index in [4.69, 9.17) is 4.74 Å². The highest BCUT2D eigenvalue weighted by Crippen LogP contribution is 2.40. The Labute approximate surface area is 140 Å². The Morgan fingerprint density at radius 1 is 1.12 bits per heavy atom. The normalized spacial score (nSPS) is 20.7. The Balaban J connectivity index is 1.58. The number of halogens is 4. The number of nitrogens with zero attached hydrogens (tertiary/aromatic N) is 2. The maximum absolute atomic E-state index is 12.8. The summed E-state index contributed by atoms with van der Waals surface area (Å²) in [4.78, 5) is 1.15. The number of alkyl halides is 4.